The van der Waals surface area contributed by atoms with Crippen molar-refractivity contribution >= 4 is 27.4 Å². The smallest absolute Gasteiger partial charge is 0.312 e. The Morgan fingerprint density at radius 2 is 2.10 bits per heavy atom. The van der Waals surface area contributed by atoms with Crippen molar-refractivity contribution < 1.29 is 14.5 Å². The van der Waals surface area contributed by atoms with Crippen LogP contribution in [0.15, 0.2) is 16.6 Å². The van der Waals surface area contributed by atoms with Gasteiger partial charge in [0.25, 0.3) is 0 Å². The highest BCUT2D eigenvalue weighted by Gasteiger charge is 2.23. The van der Waals surface area contributed by atoms with Gasteiger partial charge in [0, 0.05) is 10.5 Å². The molecule has 0 spiro atoms. The number of halogens is 1. The number of rotatable bonds is 7. The topological polar surface area (TPSA) is 69.4 Å². The fourth-order valence-electron chi connectivity index (χ4n) is 1.79. The SMILES string of the molecule is CC(=O)c1cc(Br)cc([N+](=O)[O-])c1OCCCC(C)C. The molecule has 20 heavy (non-hydrogen) atoms. The van der Waals surface area contributed by atoms with Gasteiger partial charge in [-0.05, 0) is 31.7 Å². The second kappa shape index (κ2) is 7.38. The zero-order valence-corrected chi connectivity index (χ0v) is 13.4. The molecule has 1 aromatic rings. The summed E-state index contributed by atoms with van der Waals surface area (Å²) < 4.78 is 6.00. The van der Waals surface area contributed by atoms with E-state index in [2.05, 4.69) is 29.8 Å². The Bertz CT molecular complexity index is 479. The molecule has 0 unspecified atom stereocenters. The van der Waals surface area contributed by atoms with Crippen molar-refractivity contribution in [1.29, 1.82) is 0 Å². The van der Waals surface area contributed by atoms with Crippen LogP contribution in [0.5, 0.6) is 5.75 Å². The van der Waals surface area contributed by atoms with Crippen LogP contribution in [0, 0.1) is 16.0 Å². The molecule has 0 bridgehead atoms. The van der Waals surface area contributed by atoms with Crippen molar-refractivity contribution in [3.8, 4) is 5.75 Å². The fourth-order valence-corrected chi connectivity index (χ4v) is 2.24. The largest absolute Gasteiger partial charge is 0.486 e. The highest BCUT2D eigenvalue weighted by Crippen LogP contribution is 2.35. The fraction of sp³-hybridized carbons (Fsp3) is 0.500. The first-order chi connectivity index (χ1) is 9.32. The Kier molecular flexibility index (Phi) is 6.13. The molecule has 0 fully saturated rings. The zero-order valence-electron chi connectivity index (χ0n) is 11.8. The normalized spacial score (nSPS) is 10.7. The Morgan fingerprint density at radius 1 is 1.45 bits per heavy atom. The van der Waals surface area contributed by atoms with E-state index in [9.17, 15) is 14.9 Å². The number of hydrogen-bond donors (Lipinski definition) is 0. The molecule has 1 aromatic carbocycles. The third-order valence-electron chi connectivity index (χ3n) is 2.78. The van der Waals surface area contributed by atoms with Crippen molar-refractivity contribution in [1.82, 2.24) is 0 Å². The number of nitro benzene ring substituents is 1. The summed E-state index contributed by atoms with van der Waals surface area (Å²) in [5, 5.41) is 11.1. The van der Waals surface area contributed by atoms with Crippen molar-refractivity contribution in [2.24, 2.45) is 5.92 Å². The summed E-state index contributed by atoms with van der Waals surface area (Å²) in [5.41, 5.74) is 0.0461. The van der Waals surface area contributed by atoms with Gasteiger partial charge in [0.1, 0.15) is 0 Å². The summed E-state index contributed by atoms with van der Waals surface area (Å²) in [4.78, 5) is 22.2. The quantitative estimate of drug-likeness (QED) is 0.319. The van der Waals surface area contributed by atoms with Crippen molar-refractivity contribution in [3.63, 3.8) is 0 Å². The van der Waals surface area contributed by atoms with Crippen LogP contribution in [-0.2, 0) is 0 Å². The number of nitro groups is 1. The van der Waals surface area contributed by atoms with E-state index in [-0.39, 0.29) is 22.8 Å². The van der Waals surface area contributed by atoms with Gasteiger partial charge < -0.3 is 4.74 Å². The first-order valence-corrected chi connectivity index (χ1v) is 7.24. The number of carbonyl (C=O) groups is 1. The number of ketones is 1. The Hall–Kier alpha value is -1.43. The van der Waals surface area contributed by atoms with Crippen LogP contribution < -0.4 is 4.74 Å². The lowest BCUT2D eigenvalue weighted by Gasteiger charge is -2.11. The van der Waals surface area contributed by atoms with E-state index in [0.29, 0.717) is 17.0 Å². The van der Waals surface area contributed by atoms with Gasteiger partial charge in [-0.15, -0.1) is 0 Å². The van der Waals surface area contributed by atoms with Crippen LogP contribution in [0.4, 0.5) is 5.69 Å². The Labute approximate surface area is 126 Å². The van der Waals surface area contributed by atoms with E-state index < -0.39 is 4.92 Å². The van der Waals surface area contributed by atoms with Gasteiger partial charge in [-0.25, -0.2) is 0 Å². The van der Waals surface area contributed by atoms with E-state index in [1.165, 1.54) is 13.0 Å². The molecule has 0 aliphatic rings. The number of carbonyl (C=O) groups excluding carboxylic acids is 1. The second-order valence-electron chi connectivity index (χ2n) is 5.00. The molecule has 110 valence electrons. The highest BCUT2D eigenvalue weighted by molar-refractivity contribution is 9.10. The summed E-state index contributed by atoms with van der Waals surface area (Å²) in [6, 6.07) is 2.90. The van der Waals surface area contributed by atoms with Crippen molar-refractivity contribution in [2.75, 3.05) is 6.61 Å². The second-order valence-corrected chi connectivity index (χ2v) is 5.92. The van der Waals surface area contributed by atoms with Gasteiger partial charge in [-0.1, -0.05) is 29.8 Å². The lowest BCUT2D eigenvalue weighted by Crippen LogP contribution is -2.07. The molecule has 6 heteroatoms. The van der Waals surface area contributed by atoms with Crippen LogP contribution in [0.3, 0.4) is 0 Å². The first-order valence-electron chi connectivity index (χ1n) is 6.44. The van der Waals surface area contributed by atoms with E-state index in [4.69, 9.17) is 4.74 Å². The average molecular weight is 344 g/mol. The molecule has 5 nitrogen and oxygen atoms in total. The zero-order chi connectivity index (χ0) is 15.3. The molecular formula is C14H18BrNO4. The van der Waals surface area contributed by atoms with Gasteiger partial charge in [0.05, 0.1) is 17.1 Å². The molecule has 0 saturated carbocycles. The van der Waals surface area contributed by atoms with E-state index in [0.717, 1.165) is 12.8 Å². The van der Waals surface area contributed by atoms with Gasteiger partial charge in [-0.2, -0.15) is 0 Å². The highest BCUT2D eigenvalue weighted by atomic mass is 79.9. The van der Waals surface area contributed by atoms with Crippen molar-refractivity contribution in [3.05, 3.63) is 32.3 Å². The molecule has 1 rings (SSSR count). The maximum Gasteiger partial charge on any atom is 0.312 e. The van der Waals surface area contributed by atoms with E-state index in [1.54, 1.807) is 6.07 Å². The average Bonchev–Trinajstić information content (AvgIpc) is 2.34. The van der Waals surface area contributed by atoms with Crippen LogP contribution in [0.1, 0.15) is 44.0 Å². The summed E-state index contributed by atoms with van der Waals surface area (Å²) in [6.45, 7) is 5.93. The molecule has 0 aliphatic carbocycles. The van der Waals surface area contributed by atoms with Crippen LogP contribution >= 0.6 is 15.9 Å². The van der Waals surface area contributed by atoms with Crippen LogP contribution in [0.25, 0.3) is 0 Å². The predicted octanol–water partition coefficient (Wildman–Crippen LogP) is 4.37. The van der Waals surface area contributed by atoms with Gasteiger partial charge >= 0.3 is 5.69 Å². The predicted molar refractivity (Wildman–Crippen MR) is 80.4 cm³/mol. The minimum Gasteiger partial charge on any atom is -0.486 e. The molecule has 0 amide bonds. The summed E-state index contributed by atoms with van der Waals surface area (Å²) in [6.07, 6.45) is 1.77. The molecular weight excluding hydrogens is 326 g/mol. The summed E-state index contributed by atoms with van der Waals surface area (Å²) in [7, 11) is 0. The Morgan fingerprint density at radius 3 is 2.60 bits per heavy atom. The van der Waals surface area contributed by atoms with E-state index in [1.807, 2.05) is 0 Å². The number of ether oxygens (including phenoxy) is 1. The molecule has 0 N–H and O–H groups in total. The van der Waals surface area contributed by atoms with Gasteiger partial charge in [-0.3, -0.25) is 14.9 Å². The van der Waals surface area contributed by atoms with Gasteiger partial charge in [0.2, 0.25) is 5.75 Å². The maximum absolute atomic E-state index is 11.6. The van der Waals surface area contributed by atoms with Crippen LogP contribution in [0.2, 0.25) is 0 Å². The number of Topliss-reactive ketones (excluding diaryl/α,β-unsaturated/α-hetero) is 1. The third kappa shape index (κ3) is 4.59. The number of benzene rings is 1. The standard InChI is InChI=1S/C14H18BrNO4/c1-9(2)5-4-6-20-14-12(10(3)17)7-11(15)8-13(14)16(18)19/h7-9H,4-6H2,1-3H3. The maximum atomic E-state index is 11.6. The lowest BCUT2D eigenvalue weighted by atomic mass is 10.1. The van der Waals surface area contributed by atoms with Crippen molar-refractivity contribution in [2.45, 2.75) is 33.6 Å². The molecule has 0 heterocycles. The number of hydrogen-bond acceptors (Lipinski definition) is 4. The molecule has 0 aliphatic heterocycles. The molecule has 0 saturated heterocycles. The lowest BCUT2D eigenvalue weighted by molar-refractivity contribution is -0.386. The monoisotopic (exact) mass is 343 g/mol. The molecule has 0 atom stereocenters. The minimum atomic E-state index is -0.533. The molecule has 0 radical (unpaired) electrons. The first kappa shape index (κ1) is 16.6. The third-order valence-corrected chi connectivity index (χ3v) is 3.24. The van der Waals surface area contributed by atoms with E-state index >= 15 is 0 Å². The minimum absolute atomic E-state index is 0.0643. The summed E-state index contributed by atoms with van der Waals surface area (Å²) in [5.74, 6) is 0.355. The summed E-state index contributed by atoms with van der Waals surface area (Å²) >= 11 is 3.17. The van der Waals surface area contributed by atoms with Gasteiger partial charge in [0.15, 0.2) is 5.78 Å². The number of nitrogens with zero attached hydrogens (tertiary/aromatic N) is 1. The Balaban J connectivity index is 3.01. The molecule has 0 aromatic heterocycles. The van der Waals surface area contributed by atoms with Crippen LogP contribution in [-0.4, -0.2) is 17.3 Å².